The second-order valence-corrected chi connectivity index (χ2v) is 7.47. The Kier molecular flexibility index (Phi) is 6.33. The lowest BCUT2D eigenvalue weighted by Gasteiger charge is -2.15. The Bertz CT molecular complexity index is 1360. The summed E-state index contributed by atoms with van der Waals surface area (Å²) in [5.41, 5.74) is -2.69. The van der Waals surface area contributed by atoms with Crippen molar-refractivity contribution in [2.45, 2.75) is 12.4 Å². The second kappa shape index (κ2) is 9.13. The molecule has 7 nitrogen and oxygen atoms in total. The molecular formula is C23H18F6N4O3. The molecule has 0 aliphatic heterocycles. The third-order valence-corrected chi connectivity index (χ3v) is 5.20. The summed E-state index contributed by atoms with van der Waals surface area (Å²) in [5.74, 6) is 1.31. The molecule has 1 N–H and O–H groups in total. The Balaban J connectivity index is 1.80. The smallest absolute Gasteiger partial charge is 0.416 e. The molecule has 0 amide bonds. The number of aromatic nitrogens is 3. The van der Waals surface area contributed by atoms with Crippen LogP contribution in [0.25, 0.3) is 16.8 Å². The first-order valence-electron chi connectivity index (χ1n) is 10.2. The molecule has 0 radical (unpaired) electrons. The van der Waals surface area contributed by atoms with Crippen LogP contribution in [0.1, 0.15) is 11.1 Å². The van der Waals surface area contributed by atoms with E-state index >= 15 is 0 Å². The van der Waals surface area contributed by atoms with Gasteiger partial charge >= 0.3 is 12.4 Å². The van der Waals surface area contributed by atoms with Crippen molar-refractivity contribution in [1.29, 1.82) is 0 Å². The van der Waals surface area contributed by atoms with Crippen molar-refractivity contribution in [3.63, 3.8) is 0 Å². The summed E-state index contributed by atoms with van der Waals surface area (Å²) in [6, 6.07) is 6.07. The number of benzene rings is 2. The number of fused-ring (bicyclic) bond motifs is 1. The molecule has 2 aromatic carbocycles. The number of halogens is 6. The Labute approximate surface area is 200 Å². The van der Waals surface area contributed by atoms with Crippen LogP contribution in [0.4, 0.5) is 37.8 Å². The zero-order valence-electron chi connectivity index (χ0n) is 19.0. The van der Waals surface area contributed by atoms with Gasteiger partial charge in [-0.15, -0.1) is 0 Å². The van der Waals surface area contributed by atoms with E-state index in [-0.39, 0.29) is 28.7 Å². The lowest BCUT2D eigenvalue weighted by molar-refractivity contribution is -0.143. The average Bonchev–Trinajstić information content (AvgIpc) is 3.25. The molecule has 0 saturated carbocycles. The van der Waals surface area contributed by atoms with E-state index in [4.69, 9.17) is 14.2 Å². The highest BCUT2D eigenvalue weighted by Gasteiger charge is 2.37. The van der Waals surface area contributed by atoms with Gasteiger partial charge in [-0.3, -0.25) is 0 Å². The summed E-state index contributed by atoms with van der Waals surface area (Å²) in [7, 11) is 4.32. The van der Waals surface area contributed by atoms with Crippen molar-refractivity contribution in [3.8, 4) is 28.4 Å². The lowest BCUT2D eigenvalue weighted by atomic mass is 10.0. The van der Waals surface area contributed by atoms with Gasteiger partial charge in [0.1, 0.15) is 5.82 Å². The largest absolute Gasteiger partial charge is 0.493 e. The first-order valence-corrected chi connectivity index (χ1v) is 10.2. The molecule has 0 atom stereocenters. The average molecular weight is 512 g/mol. The van der Waals surface area contributed by atoms with Gasteiger partial charge in [0.25, 0.3) is 0 Å². The topological polar surface area (TPSA) is 69.9 Å². The predicted octanol–water partition coefficient (Wildman–Crippen LogP) is 6.20. The summed E-state index contributed by atoms with van der Waals surface area (Å²) in [4.78, 5) is 4.36. The first-order chi connectivity index (χ1) is 16.9. The van der Waals surface area contributed by atoms with Crippen LogP contribution >= 0.6 is 0 Å². The summed E-state index contributed by atoms with van der Waals surface area (Å²) >= 11 is 0. The van der Waals surface area contributed by atoms with Gasteiger partial charge in [-0.2, -0.15) is 31.4 Å². The number of methoxy groups -OCH3 is 3. The molecular weight excluding hydrogens is 494 g/mol. The fourth-order valence-electron chi connectivity index (χ4n) is 3.55. The van der Waals surface area contributed by atoms with Crippen molar-refractivity contribution in [3.05, 3.63) is 59.9 Å². The van der Waals surface area contributed by atoms with Crippen molar-refractivity contribution in [1.82, 2.24) is 14.6 Å². The van der Waals surface area contributed by atoms with Gasteiger partial charge in [0.15, 0.2) is 17.1 Å². The summed E-state index contributed by atoms with van der Waals surface area (Å²) in [5, 5.41) is 7.02. The molecule has 0 aliphatic carbocycles. The molecule has 13 heteroatoms. The number of nitrogens with zero attached hydrogens (tertiary/aromatic N) is 3. The molecule has 0 bridgehead atoms. The number of nitrogens with one attached hydrogen (secondary N) is 1. The lowest BCUT2D eigenvalue weighted by Crippen LogP contribution is -2.11. The van der Waals surface area contributed by atoms with E-state index < -0.39 is 23.5 Å². The van der Waals surface area contributed by atoms with E-state index in [9.17, 15) is 26.3 Å². The highest BCUT2D eigenvalue weighted by atomic mass is 19.4. The fraction of sp³-hybridized carbons (Fsp3) is 0.217. The highest BCUT2D eigenvalue weighted by Crippen LogP contribution is 2.41. The zero-order chi connectivity index (χ0) is 26.3. The number of anilines is 2. The Morgan fingerprint density at radius 2 is 1.39 bits per heavy atom. The maximum atomic E-state index is 13.3. The molecule has 0 saturated heterocycles. The van der Waals surface area contributed by atoms with Crippen LogP contribution in [0.2, 0.25) is 0 Å². The van der Waals surface area contributed by atoms with Crippen molar-refractivity contribution in [2.75, 3.05) is 26.6 Å². The van der Waals surface area contributed by atoms with E-state index in [0.717, 1.165) is 6.20 Å². The fourth-order valence-corrected chi connectivity index (χ4v) is 3.55. The molecule has 2 aromatic heterocycles. The first kappa shape index (κ1) is 24.9. The third-order valence-electron chi connectivity index (χ3n) is 5.20. The van der Waals surface area contributed by atoms with Crippen LogP contribution in [-0.4, -0.2) is 35.9 Å². The minimum atomic E-state index is -4.98. The van der Waals surface area contributed by atoms with Gasteiger partial charge < -0.3 is 19.5 Å². The molecule has 36 heavy (non-hydrogen) atoms. The van der Waals surface area contributed by atoms with Gasteiger partial charge in [0.2, 0.25) is 5.75 Å². The Morgan fingerprint density at radius 1 is 0.806 bits per heavy atom. The van der Waals surface area contributed by atoms with Crippen LogP contribution in [0.15, 0.2) is 48.8 Å². The van der Waals surface area contributed by atoms with E-state index in [1.54, 1.807) is 12.1 Å². The predicted molar refractivity (Wildman–Crippen MR) is 118 cm³/mol. The standard InChI is InChI=1S/C23H18F6N4O3/c1-34-17-9-15(10-18(35-2)20(17)36-3)31-19-4-5-33-21(32-19)16(11-30-33)12-6-13(22(24,25)26)8-14(7-12)23(27,28)29/h4-11H,1-3H3,(H,31,32). The van der Waals surface area contributed by atoms with Crippen LogP contribution in [-0.2, 0) is 12.4 Å². The molecule has 4 aromatic rings. The van der Waals surface area contributed by atoms with Gasteiger partial charge in [-0.25, -0.2) is 9.50 Å². The summed E-state index contributed by atoms with van der Waals surface area (Å²) in [6.45, 7) is 0. The van der Waals surface area contributed by atoms with Crippen LogP contribution < -0.4 is 19.5 Å². The summed E-state index contributed by atoms with van der Waals surface area (Å²) in [6.07, 6.45) is -7.34. The van der Waals surface area contributed by atoms with Crippen molar-refractivity contribution < 1.29 is 40.6 Å². The van der Waals surface area contributed by atoms with Crippen LogP contribution in [0.3, 0.4) is 0 Å². The monoisotopic (exact) mass is 512 g/mol. The third kappa shape index (κ3) is 4.81. The maximum absolute atomic E-state index is 13.3. The highest BCUT2D eigenvalue weighted by molar-refractivity contribution is 5.79. The maximum Gasteiger partial charge on any atom is 0.416 e. The van der Waals surface area contributed by atoms with Crippen LogP contribution in [0, 0.1) is 0 Å². The van der Waals surface area contributed by atoms with Crippen LogP contribution in [0.5, 0.6) is 17.2 Å². The number of ether oxygens (including phenoxy) is 3. The van der Waals surface area contributed by atoms with E-state index in [1.807, 2.05) is 0 Å². The molecule has 0 fully saturated rings. The van der Waals surface area contributed by atoms with E-state index in [0.29, 0.717) is 35.1 Å². The minimum absolute atomic E-state index is 0.0138. The molecule has 0 unspecified atom stereocenters. The Hall–Kier alpha value is -4.16. The number of hydrogen-bond acceptors (Lipinski definition) is 6. The van der Waals surface area contributed by atoms with Gasteiger partial charge in [-0.05, 0) is 29.8 Å². The summed E-state index contributed by atoms with van der Waals surface area (Å²) < 4.78 is 97.1. The van der Waals surface area contributed by atoms with Gasteiger partial charge in [-0.1, -0.05) is 0 Å². The van der Waals surface area contributed by atoms with Crippen molar-refractivity contribution in [2.24, 2.45) is 0 Å². The zero-order valence-corrected chi connectivity index (χ0v) is 19.0. The van der Waals surface area contributed by atoms with E-state index in [1.165, 1.54) is 38.1 Å². The number of alkyl halides is 6. The molecule has 0 aliphatic rings. The Morgan fingerprint density at radius 3 is 1.89 bits per heavy atom. The van der Waals surface area contributed by atoms with Crippen molar-refractivity contribution >= 4 is 17.2 Å². The normalized spacial score (nSPS) is 12.0. The second-order valence-electron chi connectivity index (χ2n) is 7.47. The number of hydrogen-bond donors (Lipinski definition) is 1. The molecule has 2 heterocycles. The van der Waals surface area contributed by atoms with Gasteiger partial charge in [0, 0.05) is 29.6 Å². The van der Waals surface area contributed by atoms with Gasteiger partial charge in [0.05, 0.1) is 38.7 Å². The minimum Gasteiger partial charge on any atom is -0.493 e. The quantitative estimate of drug-likeness (QED) is 0.310. The van der Waals surface area contributed by atoms with E-state index in [2.05, 4.69) is 15.4 Å². The molecule has 190 valence electrons. The SMILES string of the molecule is COc1cc(Nc2ccn3ncc(-c4cc(C(F)(F)F)cc(C(F)(F)F)c4)c3n2)cc(OC)c1OC. The number of rotatable bonds is 6. The molecule has 4 rings (SSSR count). The molecule has 0 spiro atoms.